The number of carbonyl (C=O) groups excluding carboxylic acids is 1. The zero-order chi connectivity index (χ0) is 17.4. The van der Waals surface area contributed by atoms with Gasteiger partial charge in [-0.3, -0.25) is 4.79 Å². The number of hydrogen-bond acceptors (Lipinski definition) is 7. The van der Waals surface area contributed by atoms with Gasteiger partial charge < -0.3 is 24.3 Å². The number of hydroxylamine groups is 1. The molecule has 8 nitrogen and oxygen atoms in total. The summed E-state index contributed by atoms with van der Waals surface area (Å²) in [5.41, 5.74) is 2.62. The standard InChI is InChI=1S/C15H17FN2O6/c1-7-4-18(5-8(2)22-7)12-9(6-19)3-10-13(11(12)16)24-17-14(10)23-15(20)21/h3,6-8,14,17H,4-5H2,1-2H3,(H,20,21)/t7-,8+,14?. The molecule has 0 aliphatic carbocycles. The highest BCUT2D eigenvalue weighted by Gasteiger charge is 2.36. The van der Waals surface area contributed by atoms with Crippen LogP contribution in [0.1, 0.15) is 36.0 Å². The van der Waals surface area contributed by atoms with Gasteiger partial charge in [0.15, 0.2) is 17.9 Å². The number of nitrogens with one attached hydrogen (secondary N) is 1. The van der Waals surface area contributed by atoms with Gasteiger partial charge in [0.25, 0.3) is 0 Å². The van der Waals surface area contributed by atoms with Crippen LogP contribution in [0.2, 0.25) is 0 Å². The Kier molecular flexibility index (Phi) is 4.29. The minimum Gasteiger partial charge on any atom is -0.450 e. The third-order valence-corrected chi connectivity index (χ3v) is 3.89. The lowest BCUT2D eigenvalue weighted by Crippen LogP contribution is -2.46. The van der Waals surface area contributed by atoms with E-state index in [-0.39, 0.29) is 34.8 Å². The van der Waals surface area contributed by atoms with Crippen molar-refractivity contribution in [2.24, 2.45) is 0 Å². The second-order valence-electron chi connectivity index (χ2n) is 5.81. The van der Waals surface area contributed by atoms with E-state index < -0.39 is 18.2 Å². The number of carbonyl (C=O) groups is 2. The van der Waals surface area contributed by atoms with E-state index in [1.54, 1.807) is 4.90 Å². The van der Waals surface area contributed by atoms with Crippen molar-refractivity contribution in [2.75, 3.05) is 18.0 Å². The summed E-state index contributed by atoms with van der Waals surface area (Å²) < 4.78 is 25.2. The number of hydrogen-bond donors (Lipinski definition) is 2. The molecule has 2 heterocycles. The third-order valence-electron chi connectivity index (χ3n) is 3.89. The van der Waals surface area contributed by atoms with E-state index in [4.69, 9.17) is 14.7 Å². The fourth-order valence-electron chi connectivity index (χ4n) is 3.10. The predicted molar refractivity (Wildman–Crippen MR) is 79.6 cm³/mol. The van der Waals surface area contributed by atoms with Gasteiger partial charge in [-0.2, -0.15) is 0 Å². The molecule has 9 heteroatoms. The highest BCUT2D eigenvalue weighted by Crippen LogP contribution is 2.41. The van der Waals surface area contributed by atoms with Gasteiger partial charge in [-0.15, -0.1) is 5.48 Å². The minimum absolute atomic E-state index is 0.0961. The minimum atomic E-state index is -1.54. The molecule has 0 radical (unpaired) electrons. The van der Waals surface area contributed by atoms with Crippen LogP contribution in [0.3, 0.4) is 0 Å². The maximum absolute atomic E-state index is 15.0. The summed E-state index contributed by atoms with van der Waals surface area (Å²) in [6.45, 7) is 4.57. The number of morpholine rings is 1. The quantitative estimate of drug-likeness (QED) is 0.635. The van der Waals surface area contributed by atoms with Crippen molar-refractivity contribution in [3.8, 4) is 5.75 Å². The molecule has 1 unspecified atom stereocenters. The summed E-state index contributed by atoms with van der Waals surface area (Å²) in [4.78, 5) is 28.9. The Morgan fingerprint density at radius 1 is 1.46 bits per heavy atom. The van der Waals surface area contributed by atoms with E-state index in [9.17, 15) is 14.0 Å². The van der Waals surface area contributed by atoms with Gasteiger partial charge >= 0.3 is 6.16 Å². The van der Waals surface area contributed by atoms with E-state index >= 15 is 0 Å². The molecule has 2 N–H and O–H groups in total. The summed E-state index contributed by atoms with van der Waals surface area (Å²) in [5.74, 6) is -0.909. The molecule has 3 atom stereocenters. The van der Waals surface area contributed by atoms with Gasteiger partial charge in [-0.1, -0.05) is 0 Å². The number of anilines is 1. The molecule has 130 valence electrons. The van der Waals surface area contributed by atoms with Gasteiger partial charge in [0.05, 0.1) is 23.5 Å². The first kappa shape index (κ1) is 16.5. The Hall–Kier alpha value is -2.39. The van der Waals surface area contributed by atoms with Gasteiger partial charge in [-0.05, 0) is 19.9 Å². The van der Waals surface area contributed by atoms with Crippen molar-refractivity contribution in [3.63, 3.8) is 0 Å². The Bertz CT molecular complexity index is 672. The molecular weight excluding hydrogens is 323 g/mol. The lowest BCUT2D eigenvalue weighted by molar-refractivity contribution is -0.00548. The van der Waals surface area contributed by atoms with E-state index in [2.05, 4.69) is 10.2 Å². The third kappa shape index (κ3) is 2.87. The fraction of sp³-hybridized carbons (Fsp3) is 0.467. The lowest BCUT2D eigenvalue weighted by Gasteiger charge is -2.37. The normalized spacial score (nSPS) is 25.8. The average Bonchev–Trinajstić information content (AvgIpc) is 2.88. The van der Waals surface area contributed by atoms with Crippen LogP contribution in [0.5, 0.6) is 5.75 Å². The molecule has 1 aromatic rings. The molecule has 0 spiro atoms. The zero-order valence-electron chi connectivity index (χ0n) is 13.1. The number of nitrogens with zero attached hydrogens (tertiary/aromatic N) is 1. The summed E-state index contributed by atoms with van der Waals surface area (Å²) in [6, 6.07) is 1.37. The van der Waals surface area contributed by atoms with Gasteiger partial charge in [0.1, 0.15) is 0 Å². The van der Waals surface area contributed by atoms with Gasteiger partial charge in [-0.25, -0.2) is 9.18 Å². The Labute approximate surface area is 137 Å². The lowest BCUT2D eigenvalue weighted by atomic mass is 10.0. The number of halogens is 1. The number of fused-ring (bicyclic) bond motifs is 1. The highest BCUT2D eigenvalue weighted by molar-refractivity contribution is 5.87. The molecular formula is C15H17FN2O6. The van der Waals surface area contributed by atoms with Crippen LogP contribution in [0.4, 0.5) is 14.9 Å². The first-order valence-electron chi connectivity index (χ1n) is 7.44. The van der Waals surface area contributed by atoms with Crippen molar-refractivity contribution < 1.29 is 33.4 Å². The number of carboxylic acid groups (broad SMARTS) is 1. The molecule has 0 bridgehead atoms. The van der Waals surface area contributed by atoms with E-state index in [0.717, 1.165) is 0 Å². The molecule has 1 fully saturated rings. The first-order valence-corrected chi connectivity index (χ1v) is 7.44. The van der Waals surface area contributed by atoms with E-state index in [1.807, 2.05) is 13.8 Å². The molecule has 1 saturated heterocycles. The smallest absolute Gasteiger partial charge is 0.450 e. The number of rotatable bonds is 3. The van der Waals surface area contributed by atoms with Crippen molar-refractivity contribution in [1.29, 1.82) is 0 Å². The van der Waals surface area contributed by atoms with Crippen molar-refractivity contribution in [1.82, 2.24) is 5.48 Å². The number of aldehydes is 1. The molecule has 0 aromatic heterocycles. The summed E-state index contributed by atoms with van der Waals surface area (Å²) in [7, 11) is 0. The van der Waals surface area contributed by atoms with Crippen LogP contribution >= 0.6 is 0 Å². The maximum atomic E-state index is 15.0. The van der Waals surface area contributed by atoms with Crippen LogP contribution in [-0.2, 0) is 9.47 Å². The fourth-order valence-corrected chi connectivity index (χ4v) is 3.10. The molecule has 2 aliphatic heterocycles. The second-order valence-corrected chi connectivity index (χ2v) is 5.81. The largest absolute Gasteiger partial charge is 0.507 e. The molecule has 2 aliphatic rings. The molecule has 24 heavy (non-hydrogen) atoms. The number of ether oxygens (including phenoxy) is 2. The maximum Gasteiger partial charge on any atom is 0.507 e. The first-order chi connectivity index (χ1) is 11.4. The Morgan fingerprint density at radius 2 is 2.12 bits per heavy atom. The van der Waals surface area contributed by atoms with E-state index in [0.29, 0.717) is 19.4 Å². The molecule has 0 saturated carbocycles. The predicted octanol–water partition coefficient (Wildman–Crippen LogP) is 1.84. The van der Waals surface area contributed by atoms with Gasteiger partial charge in [0.2, 0.25) is 6.23 Å². The summed E-state index contributed by atoms with van der Waals surface area (Å²) in [5, 5.41) is 8.71. The monoisotopic (exact) mass is 340 g/mol. The van der Waals surface area contributed by atoms with E-state index in [1.165, 1.54) is 6.07 Å². The van der Waals surface area contributed by atoms with Crippen LogP contribution in [0, 0.1) is 5.82 Å². The van der Waals surface area contributed by atoms with Crippen molar-refractivity contribution in [2.45, 2.75) is 32.3 Å². The zero-order valence-corrected chi connectivity index (χ0v) is 13.1. The van der Waals surface area contributed by atoms with Gasteiger partial charge in [0, 0.05) is 18.7 Å². The SMILES string of the molecule is C[C@@H]1CN(c2c(C=O)cc3c(c2F)ONC3OC(=O)O)C[C@H](C)O1. The van der Waals surface area contributed by atoms with Crippen molar-refractivity contribution in [3.05, 3.63) is 23.0 Å². The van der Waals surface area contributed by atoms with Crippen LogP contribution in [-0.4, -0.2) is 42.8 Å². The number of benzene rings is 1. The Morgan fingerprint density at radius 3 is 2.71 bits per heavy atom. The highest BCUT2D eigenvalue weighted by atomic mass is 19.1. The van der Waals surface area contributed by atoms with Crippen molar-refractivity contribution >= 4 is 18.1 Å². The summed E-state index contributed by atoms with van der Waals surface area (Å²) >= 11 is 0. The second kappa shape index (κ2) is 6.25. The Balaban J connectivity index is 2.02. The topological polar surface area (TPSA) is 97.3 Å². The summed E-state index contributed by atoms with van der Waals surface area (Å²) in [6.07, 6.45) is -2.45. The van der Waals surface area contributed by atoms with Crippen LogP contribution in [0.25, 0.3) is 0 Å². The van der Waals surface area contributed by atoms with Crippen LogP contribution in [0.15, 0.2) is 6.07 Å². The molecule has 0 amide bonds. The molecule has 1 aromatic carbocycles. The average molecular weight is 340 g/mol. The van der Waals surface area contributed by atoms with Crippen LogP contribution < -0.4 is 15.2 Å². The molecule has 3 rings (SSSR count).